The second-order valence-corrected chi connectivity index (χ2v) is 6.16. The number of amidine groups is 1. The second-order valence-electron chi connectivity index (χ2n) is 5.30. The van der Waals surface area contributed by atoms with Crippen LogP contribution in [0.1, 0.15) is 24.3 Å². The lowest BCUT2D eigenvalue weighted by Crippen LogP contribution is -2.47. The third kappa shape index (κ3) is 2.91. The maximum absolute atomic E-state index is 12.4. The molecule has 2 amide bonds. The molecule has 0 aromatic heterocycles. The number of nitrogens with one attached hydrogen (secondary N) is 2. The zero-order chi connectivity index (χ0) is 14.8. The zero-order valence-electron chi connectivity index (χ0n) is 11.4. The van der Waals surface area contributed by atoms with Crippen molar-refractivity contribution in [1.29, 1.82) is 0 Å². The van der Waals surface area contributed by atoms with Gasteiger partial charge in [0.2, 0.25) is 5.91 Å². The number of amides is 2. The van der Waals surface area contributed by atoms with Crippen molar-refractivity contribution in [3.63, 3.8) is 0 Å². The first kappa shape index (κ1) is 14.4. The smallest absolute Gasteiger partial charge is 0.264 e. The van der Waals surface area contributed by atoms with Crippen molar-refractivity contribution < 1.29 is 9.59 Å². The molecule has 1 aromatic rings. The Labute approximate surface area is 131 Å². The van der Waals surface area contributed by atoms with Gasteiger partial charge in [0.25, 0.3) is 5.91 Å². The molecule has 0 aliphatic carbocycles. The zero-order valence-corrected chi connectivity index (χ0v) is 13.0. The molecule has 2 aliphatic rings. The number of aliphatic imine (C=N–C) groups is 1. The van der Waals surface area contributed by atoms with Gasteiger partial charge in [-0.2, -0.15) is 4.99 Å². The monoisotopic (exact) mass is 349 g/mol. The summed E-state index contributed by atoms with van der Waals surface area (Å²) in [7, 11) is 0. The number of carbonyl (C=O) groups excluding carboxylic acids is 2. The van der Waals surface area contributed by atoms with Crippen LogP contribution in [0.25, 0.3) is 0 Å². The van der Waals surface area contributed by atoms with E-state index in [4.69, 9.17) is 0 Å². The van der Waals surface area contributed by atoms with Gasteiger partial charge >= 0.3 is 0 Å². The fraction of sp³-hybridized carbons (Fsp3) is 0.400. The van der Waals surface area contributed by atoms with Crippen molar-refractivity contribution in [2.45, 2.75) is 18.8 Å². The second kappa shape index (κ2) is 6.07. The van der Waals surface area contributed by atoms with Gasteiger partial charge in [-0.1, -0.05) is 34.1 Å². The number of rotatable bonds is 2. The Kier molecular flexibility index (Phi) is 4.17. The minimum atomic E-state index is -0.856. The molecule has 1 atom stereocenters. The number of piperidine rings is 1. The maximum Gasteiger partial charge on any atom is 0.264 e. The third-order valence-corrected chi connectivity index (χ3v) is 4.66. The number of hydrogen-bond acceptors (Lipinski definition) is 3. The summed E-state index contributed by atoms with van der Waals surface area (Å²) in [4.78, 5) is 28.8. The molecule has 0 saturated carbocycles. The Bertz CT molecular complexity index is 609. The predicted octanol–water partition coefficient (Wildman–Crippen LogP) is 1.59. The first-order valence-electron chi connectivity index (χ1n) is 7.05. The first-order chi connectivity index (χ1) is 10.2. The highest BCUT2D eigenvalue weighted by Crippen LogP contribution is 2.28. The summed E-state index contributed by atoms with van der Waals surface area (Å²) in [5, 5.41) is 6.09. The molecule has 0 bridgehead atoms. The lowest BCUT2D eigenvalue weighted by atomic mass is 9.92. The van der Waals surface area contributed by atoms with E-state index in [1.807, 2.05) is 18.2 Å². The summed E-state index contributed by atoms with van der Waals surface area (Å²) in [5.41, 5.74) is 0.660. The fourth-order valence-electron chi connectivity index (χ4n) is 2.79. The number of benzene rings is 1. The summed E-state index contributed by atoms with van der Waals surface area (Å²) in [6.07, 6.45) is 1.79. The van der Waals surface area contributed by atoms with Crippen LogP contribution in [0.4, 0.5) is 0 Å². The van der Waals surface area contributed by atoms with Gasteiger partial charge in [0, 0.05) is 10.4 Å². The minimum absolute atomic E-state index is 0.166. The van der Waals surface area contributed by atoms with Crippen LogP contribution >= 0.6 is 15.9 Å². The van der Waals surface area contributed by atoms with Crippen molar-refractivity contribution in [3.05, 3.63) is 34.3 Å². The molecule has 5 nitrogen and oxygen atoms in total. The molecule has 2 heterocycles. The molecule has 1 saturated heterocycles. The highest BCUT2D eigenvalue weighted by Gasteiger charge is 2.36. The molecule has 1 unspecified atom stereocenters. The van der Waals surface area contributed by atoms with Crippen molar-refractivity contribution in [2.24, 2.45) is 10.9 Å². The number of halogens is 1. The Hall–Kier alpha value is -1.53. The maximum atomic E-state index is 12.4. The molecular formula is C15H16BrN3O2. The molecule has 110 valence electrons. The topological polar surface area (TPSA) is 70.6 Å². The fourth-order valence-corrected chi connectivity index (χ4v) is 3.31. The lowest BCUT2D eigenvalue weighted by Gasteiger charge is -2.28. The molecular weight excluding hydrogens is 334 g/mol. The summed E-state index contributed by atoms with van der Waals surface area (Å²) in [5.74, 6) is -0.810. The van der Waals surface area contributed by atoms with E-state index in [2.05, 4.69) is 31.6 Å². The van der Waals surface area contributed by atoms with E-state index >= 15 is 0 Å². The summed E-state index contributed by atoms with van der Waals surface area (Å²) in [6, 6.07) is 7.26. The van der Waals surface area contributed by atoms with Crippen LogP contribution in [0.5, 0.6) is 0 Å². The van der Waals surface area contributed by atoms with Crippen LogP contribution in [0, 0.1) is 5.92 Å². The van der Waals surface area contributed by atoms with Crippen LogP contribution in [0.3, 0.4) is 0 Å². The van der Waals surface area contributed by atoms with Crippen LogP contribution in [-0.4, -0.2) is 30.7 Å². The van der Waals surface area contributed by atoms with Gasteiger partial charge in [-0.25, -0.2) is 0 Å². The van der Waals surface area contributed by atoms with E-state index in [0.29, 0.717) is 11.4 Å². The van der Waals surface area contributed by atoms with Crippen molar-refractivity contribution >= 4 is 33.6 Å². The molecule has 1 fully saturated rings. The van der Waals surface area contributed by atoms with Crippen LogP contribution in [0.2, 0.25) is 0 Å². The molecule has 3 rings (SSSR count). The van der Waals surface area contributed by atoms with Gasteiger partial charge < -0.3 is 10.6 Å². The first-order valence-corrected chi connectivity index (χ1v) is 7.84. The van der Waals surface area contributed by atoms with E-state index in [-0.39, 0.29) is 17.7 Å². The Morgan fingerprint density at radius 3 is 2.52 bits per heavy atom. The standard InChI is InChI=1S/C15H16BrN3O2/c16-11-4-2-1-3-10(11)12-14(20)18-13(19-15(12)21)9-5-7-17-8-6-9/h1-4,9,12,17H,5-8H2,(H,18,19,20,21). The van der Waals surface area contributed by atoms with Crippen LogP contribution < -0.4 is 10.6 Å². The molecule has 0 radical (unpaired) electrons. The largest absolute Gasteiger partial charge is 0.317 e. The minimum Gasteiger partial charge on any atom is -0.317 e. The number of carbonyl (C=O) groups is 2. The summed E-state index contributed by atoms with van der Waals surface area (Å²) in [6.45, 7) is 1.78. The van der Waals surface area contributed by atoms with E-state index in [1.165, 1.54) is 0 Å². The van der Waals surface area contributed by atoms with Gasteiger partial charge in [0.15, 0.2) is 0 Å². The van der Waals surface area contributed by atoms with Gasteiger partial charge in [-0.05, 0) is 37.6 Å². The van der Waals surface area contributed by atoms with E-state index < -0.39 is 5.92 Å². The Morgan fingerprint density at radius 2 is 1.86 bits per heavy atom. The molecule has 21 heavy (non-hydrogen) atoms. The molecule has 1 aromatic carbocycles. The van der Waals surface area contributed by atoms with Gasteiger partial charge in [0.1, 0.15) is 11.8 Å². The average molecular weight is 350 g/mol. The van der Waals surface area contributed by atoms with E-state index in [0.717, 1.165) is 30.4 Å². The van der Waals surface area contributed by atoms with Crippen LogP contribution in [-0.2, 0) is 9.59 Å². The highest BCUT2D eigenvalue weighted by atomic mass is 79.9. The molecule has 2 N–H and O–H groups in total. The number of nitrogens with zero attached hydrogens (tertiary/aromatic N) is 1. The van der Waals surface area contributed by atoms with Gasteiger partial charge in [-0.3, -0.25) is 9.59 Å². The predicted molar refractivity (Wildman–Crippen MR) is 83.1 cm³/mol. The van der Waals surface area contributed by atoms with Crippen molar-refractivity contribution in [1.82, 2.24) is 10.6 Å². The quantitative estimate of drug-likeness (QED) is 0.796. The van der Waals surface area contributed by atoms with E-state index in [1.54, 1.807) is 6.07 Å². The average Bonchev–Trinajstić information content (AvgIpc) is 2.49. The summed E-state index contributed by atoms with van der Waals surface area (Å²) >= 11 is 3.39. The van der Waals surface area contributed by atoms with Crippen LogP contribution in [0.15, 0.2) is 33.7 Å². The Morgan fingerprint density at radius 1 is 1.14 bits per heavy atom. The molecule has 6 heteroatoms. The Balaban J connectivity index is 1.87. The van der Waals surface area contributed by atoms with Crippen molar-refractivity contribution in [3.8, 4) is 0 Å². The molecule has 2 aliphatic heterocycles. The van der Waals surface area contributed by atoms with Crippen molar-refractivity contribution in [2.75, 3.05) is 13.1 Å². The van der Waals surface area contributed by atoms with Gasteiger partial charge in [-0.15, -0.1) is 0 Å². The van der Waals surface area contributed by atoms with E-state index in [9.17, 15) is 9.59 Å². The normalized spacial score (nSPS) is 23.7. The third-order valence-electron chi connectivity index (χ3n) is 3.93. The van der Waals surface area contributed by atoms with Gasteiger partial charge in [0.05, 0.1) is 0 Å². The number of hydrogen-bond donors (Lipinski definition) is 2. The summed E-state index contributed by atoms with van der Waals surface area (Å²) < 4.78 is 0.749. The lowest BCUT2D eigenvalue weighted by molar-refractivity contribution is -0.130. The highest BCUT2D eigenvalue weighted by molar-refractivity contribution is 9.10. The molecule has 0 spiro atoms. The SMILES string of the molecule is O=C1N=C(C2CCNCC2)NC(=O)C1c1ccccc1Br.